The molecule has 2 aromatic carbocycles. The second kappa shape index (κ2) is 15.0. The molecule has 7 nitrogen and oxygen atoms in total. The van der Waals surface area contributed by atoms with Crippen molar-refractivity contribution in [3.8, 4) is 0 Å². The lowest BCUT2D eigenvalue weighted by molar-refractivity contribution is -0.124. The van der Waals surface area contributed by atoms with Crippen molar-refractivity contribution in [2.45, 2.75) is 45.1 Å². The Labute approximate surface area is 213 Å². The number of Topliss-reactive ketones (excluding diaryl/α,β-unsaturated/α-hetero) is 1. The Morgan fingerprint density at radius 2 is 1.81 bits per heavy atom. The zero-order valence-corrected chi connectivity index (χ0v) is 21.0. The molecule has 0 spiro atoms. The number of aromatic amines is 1. The Hall–Kier alpha value is -3.26. The van der Waals surface area contributed by atoms with Gasteiger partial charge in [-0.15, -0.1) is 0 Å². The average molecular weight is 492 g/mol. The van der Waals surface area contributed by atoms with Crippen molar-refractivity contribution in [1.82, 2.24) is 15.4 Å². The Balaban J connectivity index is 1.56. The number of carbonyl (C=O) groups excluding carboxylic acids is 2. The zero-order chi connectivity index (χ0) is 25.6. The third-order valence-corrected chi connectivity index (χ3v) is 6.28. The quantitative estimate of drug-likeness (QED) is 0.115. The molecule has 36 heavy (non-hydrogen) atoms. The Morgan fingerprint density at radius 3 is 2.58 bits per heavy atom. The number of ether oxygens (including phenoxy) is 1. The summed E-state index contributed by atoms with van der Waals surface area (Å²) in [6.07, 6.45) is 10.8. The molecule has 1 amide bonds. The number of amides is 1. The molecule has 1 heterocycles. The molecule has 0 unspecified atom stereocenters. The highest BCUT2D eigenvalue weighted by Gasteiger charge is 2.10. The number of H-pyrrole nitrogens is 1. The number of nitrogens with one attached hydrogen (secondary N) is 2. The van der Waals surface area contributed by atoms with Crippen LogP contribution in [0.1, 0.15) is 48.8 Å². The number of hydrogen-bond donors (Lipinski definition) is 3. The van der Waals surface area contributed by atoms with Crippen LogP contribution in [0.3, 0.4) is 0 Å². The van der Waals surface area contributed by atoms with E-state index in [0.717, 1.165) is 57.3 Å². The van der Waals surface area contributed by atoms with Gasteiger partial charge in [0.25, 0.3) is 5.91 Å². The summed E-state index contributed by atoms with van der Waals surface area (Å²) >= 11 is 0. The van der Waals surface area contributed by atoms with Gasteiger partial charge in [0.15, 0.2) is 5.78 Å². The lowest BCUT2D eigenvalue weighted by Gasteiger charge is -2.22. The molecule has 0 aliphatic rings. The van der Waals surface area contributed by atoms with E-state index >= 15 is 0 Å². The van der Waals surface area contributed by atoms with Crippen LogP contribution in [0.25, 0.3) is 17.0 Å². The van der Waals surface area contributed by atoms with E-state index in [2.05, 4.69) is 46.4 Å². The Bertz CT molecular complexity index is 1120. The van der Waals surface area contributed by atoms with Gasteiger partial charge in [0.1, 0.15) is 6.61 Å². The number of hydrogen-bond acceptors (Lipinski definition) is 5. The number of methoxy groups -OCH3 is 1. The minimum Gasteiger partial charge on any atom is -0.377 e. The second-order valence-corrected chi connectivity index (χ2v) is 9.07. The lowest BCUT2D eigenvalue weighted by atomic mass is 10.1. The van der Waals surface area contributed by atoms with E-state index in [1.165, 1.54) is 28.1 Å². The van der Waals surface area contributed by atoms with Crippen LogP contribution in [0.5, 0.6) is 0 Å². The number of para-hydroxylation sites is 1. The predicted octanol–water partition coefficient (Wildman–Crippen LogP) is 4.90. The van der Waals surface area contributed by atoms with Crippen LogP contribution in [0.4, 0.5) is 0 Å². The molecular weight excluding hydrogens is 454 g/mol. The van der Waals surface area contributed by atoms with Gasteiger partial charge >= 0.3 is 0 Å². The minimum atomic E-state index is -0.550. The van der Waals surface area contributed by atoms with Crippen molar-refractivity contribution in [1.29, 1.82) is 0 Å². The SMILES string of the molecule is COCC(=O)CCCCCCN(CCc1c[nH]c2ccccc12)Cc1ccc(/C=C/C(=O)NO)cc1. The Morgan fingerprint density at radius 1 is 1.03 bits per heavy atom. The number of rotatable bonds is 16. The van der Waals surface area contributed by atoms with E-state index in [1.807, 2.05) is 18.2 Å². The first-order valence-electron chi connectivity index (χ1n) is 12.6. The maximum atomic E-state index is 11.6. The molecule has 7 heteroatoms. The highest BCUT2D eigenvalue weighted by molar-refractivity contribution is 5.90. The first kappa shape index (κ1) is 27.3. The highest BCUT2D eigenvalue weighted by atomic mass is 16.5. The highest BCUT2D eigenvalue weighted by Crippen LogP contribution is 2.19. The molecule has 0 radical (unpaired) electrons. The number of fused-ring (bicyclic) bond motifs is 1. The fourth-order valence-corrected chi connectivity index (χ4v) is 4.33. The summed E-state index contributed by atoms with van der Waals surface area (Å²) in [4.78, 5) is 28.7. The van der Waals surface area contributed by atoms with Crippen molar-refractivity contribution in [2.75, 3.05) is 26.8 Å². The third-order valence-electron chi connectivity index (χ3n) is 6.28. The summed E-state index contributed by atoms with van der Waals surface area (Å²) in [6.45, 7) is 3.00. The van der Waals surface area contributed by atoms with Gasteiger partial charge in [0, 0.05) is 49.8 Å². The standard InChI is InChI=1S/C29H37N3O4/c1-36-22-26(33)8-4-2-3-7-18-32(19-17-25-20-30-28-10-6-5-9-27(25)28)21-24-13-11-23(12-14-24)15-16-29(34)31-35/h5-6,9-16,20,30,35H,2-4,7-8,17-19,21-22H2,1H3,(H,31,34)/b16-15+. The van der Waals surface area contributed by atoms with Crippen LogP contribution >= 0.6 is 0 Å². The van der Waals surface area contributed by atoms with Gasteiger partial charge in [-0.05, 0) is 54.6 Å². The van der Waals surface area contributed by atoms with Crippen molar-refractivity contribution in [3.05, 3.63) is 77.5 Å². The van der Waals surface area contributed by atoms with Gasteiger partial charge in [0.2, 0.25) is 0 Å². The van der Waals surface area contributed by atoms with Gasteiger partial charge in [-0.3, -0.25) is 19.7 Å². The smallest absolute Gasteiger partial charge is 0.267 e. The van der Waals surface area contributed by atoms with Crippen molar-refractivity contribution < 1.29 is 19.5 Å². The zero-order valence-electron chi connectivity index (χ0n) is 21.0. The summed E-state index contributed by atoms with van der Waals surface area (Å²) in [6, 6.07) is 16.5. The second-order valence-electron chi connectivity index (χ2n) is 9.07. The molecular formula is C29H37N3O4. The molecule has 0 saturated heterocycles. The van der Waals surface area contributed by atoms with E-state index in [1.54, 1.807) is 18.7 Å². The molecule has 0 aliphatic heterocycles. The largest absolute Gasteiger partial charge is 0.377 e. The van der Waals surface area contributed by atoms with Crippen molar-refractivity contribution >= 4 is 28.7 Å². The summed E-state index contributed by atoms with van der Waals surface area (Å²) in [5, 5.41) is 9.90. The Kier molecular flexibility index (Phi) is 11.4. The van der Waals surface area contributed by atoms with Gasteiger partial charge in [0.05, 0.1) is 0 Å². The van der Waals surface area contributed by atoms with E-state index in [9.17, 15) is 9.59 Å². The maximum absolute atomic E-state index is 11.6. The van der Waals surface area contributed by atoms with Crippen LogP contribution in [0.15, 0.2) is 60.8 Å². The first-order valence-corrected chi connectivity index (χ1v) is 12.6. The van der Waals surface area contributed by atoms with Crippen molar-refractivity contribution in [3.63, 3.8) is 0 Å². The first-order chi connectivity index (χ1) is 17.6. The average Bonchev–Trinajstić information content (AvgIpc) is 3.31. The molecule has 192 valence electrons. The molecule has 3 N–H and O–H groups in total. The molecule has 1 aromatic heterocycles. The van der Waals surface area contributed by atoms with Gasteiger partial charge in [-0.2, -0.15) is 0 Å². The van der Waals surface area contributed by atoms with Gasteiger partial charge in [-0.25, -0.2) is 5.48 Å². The number of carbonyl (C=O) groups is 2. The summed E-state index contributed by atoms with van der Waals surface area (Å²) in [5.41, 5.74) is 6.20. The number of aromatic nitrogens is 1. The molecule has 3 rings (SSSR count). The maximum Gasteiger partial charge on any atom is 0.267 e. The summed E-state index contributed by atoms with van der Waals surface area (Å²) in [7, 11) is 1.56. The van der Waals surface area contributed by atoms with Crippen LogP contribution in [-0.2, 0) is 27.3 Å². The number of nitrogens with zero attached hydrogens (tertiary/aromatic N) is 1. The van der Waals surface area contributed by atoms with E-state index in [-0.39, 0.29) is 12.4 Å². The van der Waals surface area contributed by atoms with Crippen LogP contribution in [0, 0.1) is 0 Å². The fourth-order valence-electron chi connectivity index (χ4n) is 4.33. The van der Waals surface area contributed by atoms with Crippen molar-refractivity contribution in [2.24, 2.45) is 0 Å². The lowest BCUT2D eigenvalue weighted by Crippen LogP contribution is -2.27. The molecule has 0 atom stereocenters. The predicted molar refractivity (Wildman–Crippen MR) is 143 cm³/mol. The van der Waals surface area contributed by atoms with Crippen LogP contribution in [-0.4, -0.2) is 53.6 Å². The fraction of sp³-hybridized carbons (Fsp3) is 0.379. The molecule has 0 fully saturated rings. The topological polar surface area (TPSA) is 94.7 Å². The van der Waals surface area contributed by atoms with Gasteiger partial charge in [-0.1, -0.05) is 55.3 Å². The van der Waals surface area contributed by atoms with Crippen LogP contribution < -0.4 is 5.48 Å². The number of ketones is 1. The number of benzene rings is 2. The van der Waals surface area contributed by atoms with E-state index in [4.69, 9.17) is 9.94 Å². The monoisotopic (exact) mass is 491 g/mol. The normalized spacial score (nSPS) is 11.5. The van der Waals surface area contributed by atoms with Crippen LogP contribution in [0.2, 0.25) is 0 Å². The molecule has 3 aromatic rings. The summed E-state index contributed by atoms with van der Waals surface area (Å²) < 4.78 is 4.90. The molecule has 0 aliphatic carbocycles. The molecule has 0 bridgehead atoms. The number of hydroxylamine groups is 1. The molecule has 0 saturated carbocycles. The summed E-state index contributed by atoms with van der Waals surface area (Å²) in [5.74, 6) is -0.376. The number of unbranched alkanes of at least 4 members (excludes halogenated alkanes) is 3. The minimum absolute atomic E-state index is 0.174. The van der Waals surface area contributed by atoms with Gasteiger partial charge < -0.3 is 9.72 Å². The van der Waals surface area contributed by atoms with E-state index in [0.29, 0.717) is 6.42 Å². The third kappa shape index (κ3) is 9.07. The van der Waals surface area contributed by atoms with E-state index < -0.39 is 5.91 Å².